The summed E-state index contributed by atoms with van der Waals surface area (Å²) in [6.45, 7) is 11.5. The number of primary amides is 1. The van der Waals surface area contributed by atoms with Crippen molar-refractivity contribution in [1.29, 1.82) is 0 Å². The van der Waals surface area contributed by atoms with Crippen LogP contribution < -0.4 is 27.0 Å². The minimum atomic E-state index is -0.880. The van der Waals surface area contributed by atoms with Crippen LogP contribution in [0.1, 0.15) is 53.5 Å². The molecule has 1 aliphatic rings. The summed E-state index contributed by atoms with van der Waals surface area (Å²) < 4.78 is 15.5. The number of carbonyl (C=O) groups is 7. The molecule has 1 heterocycles. The first-order valence-corrected chi connectivity index (χ1v) is 15.7. The Balaban J connectivity index is 0.00000217. The Kier molecular flexibility index (Phi) is 22.7. The maximum Gasteiger partial charge on any atom is 0.312 e. The van der Waals surface area contributed by atoms with Gasteiger partial charge in [-0.25, -0.2) is 4.79 Å². The van der Waals surface area contributed by atoms with Gasteiger partial charge in [-0.1, -0.05) is 46.8 Å². The molecule has 0 spiro atoms. The predicted octanol–water partition coefficient (Wildman–Crippen LogP) is 0.994. The molecule has 268 valence electrons. The number of nitrogens with zero attached hydrogens (tertiary/aromatic N) is 1. The third kappa shape index (κ3) is 19.6. The highest BCUT2D eigenvalue weighted by atomic mass is 16.5. The lowest BCUT2D eigenvalue weighted by atomic mass is 10.0. The molecule has 7 amide bonds. The lowest BCUT2D eigenvalue weighted by Gasteiger charge is -2.21. The molecule has 16 nitrogen and oxygen atoms in total. The number of nitrogens with two attached hydrogens (primary N) is 1. The first kappa shape index (κ1) is 43.2. The molecule has 1 atom stereocenters. The molecule has 1 unspecified atom stereocenters. The van der Waals surface area contributed by atoms with Crippen LogP contribution in [0.15, 0.2) is 36.4 Å². The normalized spacial score (nSPS) is 12.2. The number of hydrogen-bond donors (Lipinski definition) is 5. The second-order valence-corrected chi connectivity index (χ2v) is 10.1. The standard InChI is InChI=1S/C26H34N4O9.C4H10N2O.C2H6/c1-17(2)25(29-22(33)16-38-13-12-37-11-10-30-23(34)8-9-24(30)35)26(36)27-14-21(32)28-20-6-4-19(5-7-20)15-39-18(3)31;1-2-3-6-4(5)7;1-2/h4-9,17,25H,10-16H2,1-3H3,(H,27,36)(H,28,32)(H,29,33);2-3H2,1H3,(H3,5,6,7);1-2H3. The number of carbonyl (C=O) groups excluding carboxylic acids is 7. The largest absolute Gasteiger partial charge is 0.461 e. The van der Waals surface area contributed by atoms with E-state index in [1.165, 1.54) is 19.1 Å². The quantitative estimate of drug-likeness (QED) is 0.0841. The first-order valence-electron chi connectivity index (χ1n) is 15.7. The molecule has 2 rings (SSSR count). The van der Waals surface area contributed by atoms with Crippen LogP contribution in [-0.2, 0) is 49.6 Å². The summed E-state index contributed by atoms with van der Waals surface area (Å²) in [5.41, 5.74) is 5.99. The topological polar surface area (TPSA) is 225 Å². The van der Waals surface area contributed by atoms with Gasteiger partial charge in [0.1, 0.15) is 19.3 Å². The van der Waals surface area contributed by atoms with Gasteiger partial charge in [-0.05, 0) is 30.0 Å². The van der Waals surface area contributed by atoms with Gasteiger partial charge in [0.25, 0.3) is 11.8 Å². The fourth-order valence-corrected chi connectivity index (χ4v) is 3.54. The fraction of sp³-hybridized carbons (Fsp3) is 0.531. The van der Waals surface area contributed by atoms with E-state index in [1.807, 2.05) is 20.8 Å². The summed E-state index contributed by atoms with van der Waals surface area (Å²) in [6.07, 6.45) is 3.32. The monoisotopic (exact) mass is 678 g/mol. The van der Waals surface area contributed by atoms with Crippen LogP contribution in [-0.4, -0.2) is 98.5 Å². The zero-order valence-electron chi connectivity index (χ0n) is 28.6. The van der Waals surface area contributed by atoms with Crippen molar-refractivity contribution in [2.75, 3.05) is 51.4 Å². The van der Waals surface area contributed by atoms with Gasteiger partial charge in [0.15, 0.2) is 0 Å². The van der Waals surface area contributed by atoms with Crippen molar-refractivity contribution in [2.24, 2.45) is 11.7 Å². The average molecular weight is 679 g/mol. The second-order valence-electron chi connectivity index (χ2n) is 10.1. The molecule has 48 heavy (non-hydrogen) atoms. The highest BCUT2D eigenvalue weighted by Gasteiger charge is 2.25. The van der Waals surface area contributed by atoms with Crippen molar-refractivity contribution in [2.45, 2.75) is 60.6 Å². The van der Waals surface area contributed by atoms with E-state index >= 15 is 0 Å². The van der Waals surface area contributed by atoms with E-state index in [4.69, 9.17) is 19.9 Å². The molecule has 0 aliphatic carbocycles. The van der Waals surface area contributed by atoms with Gasteiger partial charge in [-0.2, -0.15) is 0 Å². The number of imide groups is 1. The highest BCUT2D eigenvalue weighted by molar-refractivity contribution is 6.12. The molecule has 0 aromatic heterocycles. The van der Waals surface area contributed by atoms with Crippen molar-refractivity contribution in [3.05, 3.63) is 42.0 Å². The molecular weight excluding hydrogens is 628 g/mol. The van der Waals surface area contributed by atoms with Crippen LogP contribution in [0.25, 0.3) is 0 Å². The van der Waals surface area contributed by atoms with Crippen LogP contribution >= 0.6 is 0 Å². The Labute approximate surface area is 281 Å². The van der Waals surface area contributed by atoms with Crippen molar-refractivity contribution in [3.8, 4) is 0 Å². The number of anilines is 1. The van der Waals surface area contributed by atoms with Crippen LogP contribution in [0.5, 0.6) is 0 Å². The molecule has 1 aromatic rings. The molecule has 0 fully saturated rings. The van der Waals surface area contributed by atoms with Crippen LogP contribution in [0.3, 0.4) is 0 Å². The predicted molar refractivity (Wildman–Crippen MR) is 177 cm³/mol. The molecule has 1 aliphatic heterocycles. The number of urea groups is 1. The number of benzene rings is 1. The average Bonchev–Trinajstić information content (AvgIpc) is 3.37. The van der Waals surface area contributed by atoms with Crippen molar-refractivity contribution < 1.29 is 47.8 Å². The number of amides is 7. The Morgan fingerprint density at radius 3 is 2.00 bits per heavy atom. The molecule has 1 aromatic carbocycles. The van der Waals surface area contributed by atoms with Crippen molar-refractivity contribution in [3.63, 3.8) is 0 Å². The minimum Gasteiger partial charge on any atom is -0.461 e. The summed E-state index contributed by atoms with van der Waals surface area (Å²) in [6, 6.07) is 5.37. The van der Waals surface area contributed by atoms with Crippen LogP contribution in [0.4, 0.5) is 10.5 Å². The summed E-state index contributed by atoms with van der Waals surface area (Å²) in [5, 5.41) is 10.2. The second kappa shape index (κ2) is 25.3. The third-order valence-electron chi connectivity index (χ3n) is 5.88. The van der Waals surface area contributed by atoms with Crippen molar-refractivity contribution >= 4 is 47.2 Å². The van der Waals surface area contributed by atoms with E-state index in [9.17, 15) is 33.6 Å². The van der Waals surface area contributed by atoms with E-state index < -0.39 is 29.8 Å². The number of rotatable bonds is 18. The third-order valence-corrected chi connectivity index (χ3v) is 5.88. The number of esters is 1. The van der Waals surface area contributed by atoms with Gasteiger partial charge in [-0.3, -0.25) is 33.7 Å². The van der Waals surface area contributed by atoms with Gasteiger partial charge < -0.3 is 41.2 Å². The number of nitrogens with one attached hydrogen (secondary N) is 4. The van der Waals surface area contributed by atoms with Gasteiger partial charge in [0.05, 0.1) is 32.9 Å². The molecular formula is C32H50N6O10. The summed E-state index contributed by atoms with van der Waals surface area (Å²) >= 11 is 0. The Hall–Kier alpha value is -4.83. The van der Waals surface area contributed by atoms with Gasteiger partial charge in [-0.15, -0.1) is 0 Å². The van der Waals surface area contributed by atoms with Crippen LogP contribution in [0, 0.1) is 5.92 Å². The highest BCUT2D eigenvalue weighted by Crippen LogP contribution is 2.10. The molecule has 16 heteroatoms. The summed E-state index contributed by atoms with van der Waals surface area (Å²) in [5.74, 6) is -2.90. The van der Waals surface area contributed by atoms with E-state index in [0.29, 0.717) is 12.2 Å². The van der Waals surface area contributed by atoms with E-state index in [1.54, 1.807) is 38.1 Å². The smallest absolute Gasteiger partial charge is 0.312 e. The van der Waals surface area contributed by atoms with Gasteiger partial charge in [0, 0.05) is 31.3 Å². The van der Waals surface area contributed by atoms with E-state index in [-0.39, 0.29) is 69.8 Å². The molecule has 0 saturated carbocycles. The summed E-state index contributed by atoms with van der Waals surface area (Å²) in [7, 11) is 0. The van der Waals surface area contributed by atoms with E-state index in [2.05, 4.69) is 21.3 Å². The maximum absolute atomic E-state index is 12.6. The molecule has 0 radical (unpaired) electrons. The number of hydrogen-bond acceptors (Lipinski definition) is 10. The molecule has 0 saturated heterocycles. The summed E-state index contributed by atoms with van der Waals surface area (Å²) in [4.78, 5) is 81.7. The van der Waals surface area contributed by atoms with Gasteiger partial charge >= 0.3 is 12.0 Å². The lowest BCUT2D eigenvalue weighted by Crippen LogP contribution is -2.51. The molecule has 0 bridgehead atoms. The SMILES string of the molecule is CC.CC(=O)OCc1ccc(NC(=O)CNC(=O)C(NC(=O)COCCOCCN2C(=O)C=CC2=O)C(C)C)cc1.CCCNC(N)=O. The van der Waals surface area contributed by atoms with E-state index in [0.717, 1.165) is 16.9 Å². The number of ether oxygens (including phenoxy) is 3. The fourth-order valence-electron chi connectivity index (χ4n) is 3.54. The Morgan fingerprint density at radius 1 is 0.875 bits per heavy atom. The zero-order valence-corrected chi connectivity index (χ0v) is 28.6. The Morgan fingerprint density at radius 2 is 1.48 bits per heavy atom. The minimum absolute atomic E-state index is 0.0943. The van der Waals surface area contributed by atoms with Crippen molar-refractivity contribution in [1.82, 2.24) is 20.9 Å². The van der Waals surface area contributed by atoms with Crippen LogP contribution in [0.2, 0.25) is 0 Å². The zero-order chi connectivity index (χ0) is 36.5. The maximum atomic E-state index is 12.6. The molecule has 6 N–H and O–H groups in total. The first-order chi connectivity index (χ1) is 22.8. The van der Waals surface area contributed by atoms with Gasteiger partial charge in [0.2, 0.25) is 17.7 Å². The lowest BCUT2D eigenvalue weighted by molar-refractivity contribution is -0.142. The Bertz CT molecular complexity index is 1200.